The smallest absolute Gasteiger partial charge is 0.309 e. The molecule has 0 saturated carbocycles. The van der Waals surface area contributed by atoms with Crippen molar-refractivity contribution in [2.45, 2.75) is 64.5 Å². The lowest BCUT2D eigenvalue weighted by atomic mass is 9.93. The highest BCUT2D eigenvalue weighted by Gasteiger charge is 2.25. The van der Waals surface area contributed by atoms with E-state index in [0.29, 0.717) is 12.8 Å². The van der Waals surface area contributed by atoms with Crippen LogP contribution >= 0.6 is 0 Å². The highest BCUT2D eigenvalue weighted by atomic mass is 16.5. The fourth-order valence-corrected chi connectivity index (χ4v) is 3.67. The summed E-state index contributed by atoms with van der Waals surface area (Å²) >= 11 is 0. The third kappa shape index (κ3) is 9.22. The first-order valence-corrected chi connectivity index (χ1v) is 11.5. The summed E-state index contributed by atoms with van der Waals surface area (Å²) < 4.78 is 5.63. The van der Waals surface area contributed by atoms with Crippen LogP contribution in [0.2, 0.25) is 0 Å². The third-order valence-corrected chi connectivity index (χ3v) is 5.53. The SMILES string of the molecule is C[C@H](CO)NC(=O)C[C@H]1CC=CCCC[C@H](Cc2ccccc2)C(=O)O[C@@H](C)CNC1=O. The van der Waals surface area contributed by atoms with Crippen molar-refractivity contribution < 1.29 is 24.2 Å². The summed E-state index contributed by atoms with van der Waals surface area (Å²) in [6.07, 6.45) is 6.95. The maximum absolute atomic E-state index is 12.8. The Morgan fingerprint density at radius 3 is 2.69 bits per heavy atom. The monoisotopic (exact) mass is 444 g/mol. The van der Waals surface area contributed by atoms with Gasteiger partial charge in [0.05, 0.1) is 25.0 Å². The number of benzene rings is 1. The fourth-order valence-electron chi connectivity index (χ4n) is 3.67. The van der Waals surface area contributed by atoms with Crippen molar-refractivity contribution in [1.82, 2.24) is 10.6 Å². The number of nitrogens with one attached hydrogen (secondary N) is 2. The highest BCUT2D eigenvalue weighted by Crippen LogP contribution is 2.19. The van der Waals surface area contributed by atoms with E-state index in [1.165, 1.54) is 0 Å². The van der Waals surface area contributed by atoms with E-state index in [1.54, 1.807) is 13.8 Å². The lowest BCUT2D eigenvalue weighted by molar-refractivity contribution is -0.153. The standard InChI is InChI=1S/C25H36N2O5/c1-18(17-28)27-23(29)15-21-12-8-3-4-9-13-22(14-20-10-6-5-7-11-20)25(31)32-19(2)16-26-24(21)30/h3,5-8,10-11,18-19,21-22,28H,4,9,12-17H2,1-2H3,(H,26,30)(H,27,29)/t18-,19+,21-,22-/m1/s1. The van der Waals surface area contributed by atoms with E-state index in [4.69, 9.17) is 9.84 Å². The van der Waals surface area contributed by atoms with Crippen LogP contribution in [0.5, 0.6) is 0 Å². The number of esters is 1. The van der Waals surface area contributed by atoms with Gasteiger partial charge < -0.3 is 20.5 Å². The molecule has 2 rings (SSSR count). The van der Waals surface area contributed by atoms with Crippen LogP contribution in [0.3, 0.4) is 0 Å². The summed E-state index contributed by atoms with van der Waals surface area (Å²) in [7, 11) is 0. The van der Waals surface area contributed by atoms with E-state index in [-0.39, 0.29) is 49.3 Å². The van der Waals surface area contributed by atoms with Gasteiger partial charge in [-0.2, -0.15) is 0 Å². The van der Waals surface area contributed by atoms with Crippen molar-refractivity contribution in [1.29, 1.82) is 0 Å². The molecule has 2 amide bonds. The molecule has 0 aliphatic carbocycles. The van der Waals surface area contributed by atoms with Gasteiger partial charge in [-0.25, -0.2) is 0 Å². The van der Waals surface area contributed by atoms with E-state index in [9.17, 15) is 14.4 Å². The molecule has 0 radical (unpaired) electrons. The number of ether oxygens (including phenoxy) is 1. The van der Waals surface area contributed by atoms with Crippen molar-refractivity contribution >= 4 is 17.8 Å². The van der Waals surface area contributed by atoms with Gasteiger partial charge in [0.2, 0.25) is 11.8 Å². The zero-order valence-corrected chi connectivity index (χ0v) is 19.1. The van der Waals surface area contributed by atoms with Gasteiger partial charge in [-0.15, -0.1) is 0 Å². The van der Waals surface area contributed by atoms with E-state index in [1.807, 2.05) is 42.5 Å². The van der Waals surface area contributed by atoms with Crippen molar-refractivity contribution in [3.63, 3.8) is 0 Å². The summed E-state index contributed by atoms with van der Waals surface area (Å²) in [4.78, 5) is 37.7. The summed E-state index contributed by atoms with van der Waals surface area (Å²) in [6.45, 7) is 3.49. The second-order valence-electron chi connectivity index (χ2n) is 8.57. The Hall–Kier alpha value is -2.67. The fraction of sp³-hybridized carbons (Fsp3) is 0.560. The molecule has 0 aromatic heterocycles. The Labute approximate surface area is 190 Å². The average molecular weight is 445 g/mol. The molecule has 1 aromatic rings. The second-order valence-corrected chi connectivity index (χ2v) is 8.57. The lowest BCUT2D eigenvalue weighted by Gasteiger charge is -2.22. The number of cyclic esters (lactones) is 1. The van der Waals surface area contributed by atoms with Crippen molar-refractivity contribution in [3.8, 4) is 0 Å². The van der Waals surface area contributed by atoms with Gasteiger partial charge in [0.25, 0.3) is 0 Å². The summed E-state index contributed by atoms with van der Waals surface area (Å²) in [5.74, 6) is -1.51. The first-order chi connectivity index (χ1) is 15.4. The first kappa shape index (κ1) is 25.6. The first-order valence-electron chi connectivity index (χ1n) is 11.5. The minimum atomic E-state index is -0.520. The number of aliphatic hydroxyl groups is 1. The van der Waals surface area contributed by atoms with E-state index in [0.717, 1.165) is 24.8 Å². The van der Waals surface area contributed by atoms with Crippen LogP contribution in [0.15, 0.2) is 42.5 Å². The number of allylic oxidation sites excluding steroid dienone is 2. The Kier molecular flexibility index (Phi) is 10.9. The number of amides is 2. The molecule has 176 valence electrons. The van der Waals surface area contributed by atoms with Crippen molar-refractivity contribution in [3.05, 3.63) is 48.0 Å². The van der Waals surface area contributed by atoms with Crippen molar-refractivity contribution in [2.75, 3.05) is 13.2 Å². The van der Waals surface area contributed by atoms with E-state index < -0.39 is 12.0 Å². The molecule has 4 atom stereocenters. The number of rotatable bonds is 6. The zero-order valence-electron chi connectivity index (χ0n) is 19.1. The minimum absolute atomic E-state index is 0.0355. The van der Waals surface area contributed by atoms with Crippen LogP contribution in [0, 0.1) is 11.8 Å². The molecule has 1 aliphatic rings. The Morgan fingerprint density at radius 2 is 1.97 bits per heavy atom. The minimum Gasteiger partial charge on any atom is -0.461 e. The van der Waals surface area contributed by atoms with Crippen molar-refractivity contribution in [2.24, 2.45) is 11.8 Å². The predicted octanol–water partition coefficient (Wildman–Crippen LogP) is 2.53. The van der Waals surface area contributed by atoms with Gasteiger partial charge in [0.15, 0.2) is 0 Å². The molecular weight excluding hydrogens is 408 g/mol. The van der Waals surface area contributed by atoms with Gasteiger partial charge in [-0.3, -0.25) is 14.4 Å². The quantitative estimate of drug-likeness (QED) is 0.462. The van der Waals surface area contributed by atoms with Crippen LogP contribution in [0.25, 0.3) is 0 Å². The molecule has 0 saturated heterocycles. The molecule has 32 heavy (non-hydrogen) atoms. The molecule has 0 spiro atoms. The van der Waals surface area contributed by atoms with Gasteiger partial charge in [-0.1, -0.05) is 42.5 Å². The average Bonchev–Trinajstić information content (AvgIpc) is 2.77. The zero-order chi connectivity index (χ0) is 23.3. The topological polar surface area (TPSA) is 105 Å². The molecule has 0 unspecified atom stereocenters. The largest absolute Gasteiger partial charge is 0.461 e. The van der Waals surface area contributed by atoms with Gasteiger partial charge in [-0.05, 0) is 51.5 Å². The van der Waals surface area contributed by atoms with Crippen LogP contribution in [0.1, 0.15) is 51.5 Å². The Morgan fingerprint density at radius 1 is 1.22 bits per heavy atom. The van der Waals surface area contributed by atoms with Gasteiger partial charge >= 0.3 is 5.97 Å². The van der Waals surface area contributed by atoms with Crippen LogP contribution < -0.4 is 10.6 Å². The molecule has 7 heteroatoms. The molecular formula is C25H36N2O5. The number of carbonyl (C=O) groups excluding carboxylic acids is 3. The third-order valence-electron chi connectivity index (χ3n) is 5.53. The molecule has 7 nitrogen and oxygen atoms in total. The normalized spacial score (nSPS) is 24.0. The number of carbonyl (C=O) groups is 3. The Balaban J connectivity index is 2.02. The number of hydrogen-bond donors (Lipinski definition) is 3. The molecule has 1 heterocycles. The summed E-state index contributed by atoms with van der Waals surface area (Å²) in [6, 6.07) is 9.55. The van der Waals surface area contributed by atoms with Gasteiger partial charge in [0.1, 0.15) is 6.10 Å². The summed E-state index contributed by atoms with van der Waals surface area (Å²) in [5, 5.41) is 14.6. The molecule has 3 N–H and O–H groups in total. The van der Waals surface area contributed by atoms with Crippen LogP contribution in [-0.4, -0.2) is 48.2 Å². The summed E-state index contributed by atoms with van der Waals surface area (Å²) in [5.41, 5.74) is 1.10. The van der Waals surface area contributed by atoms with E-state index >= 15 is 0 Å². The van der Waals surface area contributed by atoms with Gasteiger partial charge in [0, 0.05) is 12.5 Å². The van der Waals surface area contributed by atoms with Crippen LogP contribution in [-0.2, 0) is 25.5 Å². The van der Waals surface area contributed by atoms with E-state index in [2.05, 4.69) is 10.6 Å². The van der Waals surface area contributed by atoms with Crippen LogP contribution in [0.4, 0.5) is 0 Å². The number of aliphatic hydroxyl groups excluding tert-OH is 1. The highest BCUT2D eigenvalue weighted by molar-refractivity contribution is 5.86. The molecule has 0 bridgehead atoms. The predicted molar refractivity (Wildman–Crippen MR) is 123 cm³/mol. The lowest BCUT2D eigenvalue weighted by Crippen LogP contribution is -2.41. The second kappa shape index (κ2) is 13.7. The number of hydrogen-bond acceptors (Lipinski definition) is 5. The molecule has 0 fully saturated rings. The maximum atomic E-state index is 12.8. The molecule has 1 aliphatic heterocycles. The Bertz CT molecular complexity index is 765. The maximum Gasteiger partial charge on any atom is 0.309 e. The molecule has 1 aromatic carbocycles.